The summed E-state index contributed by atoms with van der Waals surface area (Å²) < 4.78 is 33.1. The van der Waals surface area contributed by atoms with Crippen molar-refractivity contribution in [3.63, 3.8) is 0 Å². The molecule has 0 aliphatic carbocycles. The molecule has 2 atom stereocenters. The summed E-state index contributed by atoms with van der Waals surface area (Å²) in [5, 5.41) is 18.6. The molecule has 0 radical (unpaired) electrons. The van der Waals surface area contributed by atoms with Gasteiger partial charge in [0.05, 0.1) is 21.2 Å². The maximum atomic E-state index is 13.8. The number of anilines is 2. The molecule has 186 valence electrons. The zero-order valence-corrected chi connectivity index (χ0v) is 21.5. The number of hydrogen-bond donors (Lipinski definition) is 2. The Bertz CT molecular complexity index is 1110. The SMILES string of the molecule is CCCC[C@@]1(CC)CN(c2ccccc2)c2cc(SC)c(OC[C@@H](O)C(=O)O)cc2S(=O)(=O)C1. The second kappa shape index (κ2) is 11.0. The number of aliphatic carboxylic acids is 1. The molecular weight excluding hydrogens is 474 g/mol. The fourth-order valence-electron chi connectivity index (χ4n) is 4.38. The van der Waals surface area contributed by atoms with Crippen LogP contribution in [0.2, 0.25) is 0 Å². The van der Waals surface area contributed by atoms with E-state index < -0.39 is 33.9 Å². The molecule has 0 fully saturated rings. The van der Waals surface area contributed by atoms with E-state index in [-0.39, 0.29) is 16.4 Å². The van der Waals surface area contributed by atoms with E-state index >= 15 is 0 Å². The molecule has 2 aromatic carbocycles. The van der Waals surface area contributed by atoms with E-state index in [1.165, 1.54) is 17.8 Å². The number of unbranched alkanes of at least 4 members (excludes halogenated alkanes) is 1. The van der Waals surface area contributed by atoms with E-state index in [9.17, 15) is 18.3 Å². The highest BCUT2D eigenvalue weighted by Gasteiger charge is 2.42. The Balaban J connectivity index is 2.18. The molecule has 0 bridgehead atoms. The highest BCUT2D eigenvalue weighted by molar-refractivity contribution is 7.98. The Labute approximate surface area is 206 Å². The monoisotopic (exact) mass is 507 g/mol. The summed E-state index contributed by atoms with van der Waals surface area (Å²) in [5.74, 6) is -1.12. The number of carbonyl (C=O) groups is 1. The van der Waals surface area contributed by atoms with Crippen LogP contribution >= 0.6 is 11.8 Å². The number of fused-ring (bicyclic) bond motifs is 1. The average Bonchev–Trinajstić information content (AvgIpc) is 2.93. The number of ether oxygens (including phenoxy) is 1. The van der Waals surface area contributed by atoms with Crippen molar-refractivity contribution in [1.29, 1.82) is 0 Å². The Hall–Kier alpha value is -2.23. The van der Waals surface area contributed by atoms with Gasteiger partial charge in [-0.1, -0.05) is 44.9 Å². The predicted molar refractivity (Wildman–Crippen MR) is 135 cm³/mol. The van der Waals surface area contributed by atoms with E-state index in [0.717, 1.165) is 31.4 Å². The van der Waals surface area contributed by atoms with Gasteiger partial charge in [-0.25, -0.2) is 13.2 Å². The molecule has 1 aliphatic heterocycles. The van der Waals surface area contributed by atoms with Crippen molar-refractivity contribution in [1.82, 2.24) is 0 Å². The number of carboxylic acid groups (broad SMARTS) is 1. The quantitative estimate of drug-likeness (QED) is 0.444. The number of carboxylic acids is 1. The van der Waals surface area contributed by atoms with Crippen LogP contribution in [-0.2, 0) is 14.6 Å². The van der Waals surface area contributed by atoms with Gasteiger partial charge >= 0.3 is 5.97 Å². The standard InChI is InChI=1S/C25H33NO6S2/c1-4-6-12-25(5-2)16-26(18-10-8-7-9-11-18)19-13-22(33-3)21(32-15-20(27)24(28)29)14-23(19)34(30,31)17-25/h7-11,13-14,20,27H,4-6,12,15-17H2,1-3H3,(H,28,29)/t20-,25+/m1/s1. The molecule has 0 aromatic heterocycles. The van der Waals surface area contributed by atoms with Crippen LogP contribution in [0.3, 0.4) is 0 Å². The third kappa shape index (κ3) is 5.70. The van der Waals surface area contributed by atoms with Crippen molar-refractivity contribution in [3.8, 4) is 5.75 Å². The third-order valence-electron chi connectivity index (χ3n) is 6.42. The van der Waals surface area contributed by atoms with E-state index in [1.807, 2.05) is 36.6 Å². The number of hydrogen-bond acceptors (Lipinski definition) is 7. The summed E-state index contributed by atoms with van der Waals surface area (Å²) in [4.78, 5) is 13.9. The fourth-order valence-corrected chi connectivity index (χ4v) is 7.11. The Kier molecular flexibility index (Phi) is 8.54. The molecule has 0 unspecified atom stereocenters. The van der Waals surface area contributed by atoms with Crippen molar-refractivity contribution in [2.24, 2.45) is 5.41 Å². The van der Waals surface area contributed by atoms with Gasteiger partial charge in [0.15, 0.2) is 15.9 Å². The summed E-state index contributed by atoms with van der Waals surface area (Å²) in [6.07, 6.45) is 3.61. The zero-order valence-electron chi connectivity index (χ0n) is 19.9. The van der Waals surface area contributed by atoms with Crippen LogP contribution < -0.4 is 9.64 Å². The van der Waals surface area contributed by atoms with E-state index in [2.05, 4.69) is 18.7 Å². The van der Waals surface area contributed by atoms with Gasteiger partial charge in [-0.15, -0.1) is 11.8 Å². The second-order valence-electron chi connectivity index (χ2n) is 8.77. The molecule has 2 N–H and O–H groups in total. The van der Waals surface area contributed by atoms with Gasteiger partial charge in [0.25, 0.3) is 0 Å². The molecule has 0 amide bonds. The van der Waals surface area contributed by atoms with Crippen LogP contribution in [-0.4, -0.2) is 55.9 Å². The summed E-state index contributed by atoms with van der Waals surface area (Å²) in [7, 11) is -3.68. The van der Waals surface area contributed by atoms with Gasteiger partial charge in [-0.05, 0) is 37.3 Å². The molecule has 1 heterocycles. The largest absolute Gasteiger partial charge is 0.489 e. The van der Waals surface area contributed by atoms with Crippen molar-refractivity contribution in [3.05, 3.63) is 42.5 Å². The fraction of sp³-hybridized carbons (Fsp3) is 0.480. The molecule has 0 spiro atoms. The van der Waals surface area contributed by atoms with Crippen LogP contribution in [0.25, 0.3) is 0 Å². The van der Waals surface area contributed by atoms with Crippen molar-refractivity contribution in [2.45, 2.75) is 55.4 Å². The normalized spacial score (nSPS) is 20.3. The van der Waals surface area contributed by atoms with Gasteiger partial charge < -0.3 is 19.8 Å². The lowest BCUT2D eigenvalue weighted by molar-refractivity contribution is -0.148. The number of para-hydroxylation sites is 1. The molecule has 34 heavy (non-hydrogen) atoms. The number of aliphatic hydroxyl groups excluding tert-OH is 1. The Morgan fingerprint density at radius 1 is 1.24 bits per heavy atom. The molecular formula is C25H33NO6S2. The van der Waals surface area contributed by atoms with E-state index in [4.69, 9.17) is 9.84 Å². The lowest BCUT2D eigenvalue weighted by Gasteiger charge is -2.36. The number of aliphatic hydroxyl groups is 1. The van der Waals surface area contributed by atoms with E-state index in [0.29, 0.717) is 17.1 Å². The van der Waals surface area contributed by atoms with Crippen LogP contribution in [0.15, 0.2) is 52.3 Å². The van der Waals surface area contributed by atoms with Crippen LogP contribution in [0.1, 0.15) is 39.5 Å². The van der Waals surface area contributed by atoms with Gasteiger partial charge in [0.1, 0.15) is 12.4 Å². The topological polar surface area (TPSA) is 104 Å². The number of benzene rings is 2. The first-order chi connectivity index (χ1) is 16.2. The van der Waals surface area contributed by atoms with Crippen LogP contribution in [0.5, 0.6) is 5.75 Å². The van der Waals surface area contributed by atoms with E-state index in [1.54, 1.807) is 6.07 Å². The highest BCUT2D eigenvalue weighted by atomic mass is 32.2. The first-order valence-electron chi connectivity index (χ1n) is 11.5. The maximum Gasteiger partial charge on any atom is 0.336 e. The Morgan fingerprint density at radius 2 is 1.94 bits per heavy atom. The molecule has 0 saturated heterocycles. The molecule has 2 aromatic rings. The second-order valence-corrected chi connectivity index (χ2v) is 11.6. The summed E-state index contributed by atoms with van der Waals surface area (Å²) in [6.45, 7) is 4.27. The molecule has 9 heteroatoms. The first-order valence-corrected chi connectivity index (χ1v) is 14.3. The molecule has 0 saturated carbocycles. The smallest absolute Gasteiger partial charge is 0.336 e. The lowest BCUT2D eigenvalue weighted by Crippen LogP contribution is -2.37. The van der Waals surface area contributed by atoms with Crippen molar-refractivity contribution < 1.29 is 28.2 Å². The summed E-state index contributed by atoms with van der Waals surface area (Å²) in [6, 6.07) is 13.1. The number of nitrogens with zero attached hydrogens (tertiary/aromatic N) is 1. The molecule has 7 nitrogen and oxygen atoms in total. The van der Waals surface area contributed by atoms with Crippen molar-refractivity contribution in [2.75, 3.05) is 30.1 Å². The number of sulfone groups is 1. The minimum absolute atomic E-state index is 0.0304. The summed E-state index contributed by atoms with van der Waals surface area (Å²) >= 11 is 1.38. The van der Waals surface area contributed by atoms with Gasteiger partial charge in [0.2, 0.25) is 0 Å². The minimum Gasteiger partial charge on any atom is -0.489 e. The highest BCUT2D eigenvalue weighted by Crippen LogP contribution is 2.47. The average molecular weight is 508 g/mol. The lowest BCUT2D eigenvalue weighted by atomic mass is 9.81. The van der Waals surface area contributed by atoms with Crippen LogP contribution in [0.4, 0.5) is 11.4 Å². The molecule has 1 aliphatic rings. The predicted octanol–water partition coefficient (Wildman–Crippen LogP) is 4.74. The van der Waals surface area contributed by atoms with Crippen LogP contribution in [0, 0.1) is 5.41 Å². The number of thioether (sulfide) groups is 1. The third-order valence-corrected chi connectivity index (χ3v) is 9.17. The number of rotatable bonds is 10. The van der Waals surface area contributed by atoms with Gasteiger partial charge in [-0.3, -0.25) is 0 Å². The van der Waals surface area contributed by atoms with Gasteiger partial charge in [-0.2, -0.15) is 0 Å². The van der Waals surface area contributed by atoms with Gasteiger partial charge in [0, 0.05) is 23.7 Å². The maximum absolute atomic E-state index is 13.8. The van der Waals surface area contributed by atoms with Crippen molar-refractivity contribution >= 4 is 38.9 Å². The summed E-state index contributed by atoms with van der Waals surface area (Å²) in [5.41, 5.74) is 1.09. The minimum atomic E-state index is -3.68. The zero-order chi connectivity index (χ0) is 24.9. The molecule has 3 rings (SSSR count). The Morgan fingerprint density at radius 3 is 2.53 bits per heavy atom. The first kappa shape index (κ1) is 26.4.